The van der Waals surface area contributed by atoms with Crippen molar-refractivity contribution in [1.29, 1.82) is 0 Å². The molecule has 0 aliphatic heterocycles. The molecule has 0 saturated heterocycles. The summed E-state index contributed by atoms with van der Waals surface area (Å²) in [5, 5.41) is 0. The number of carbonyl (C=O) groups is 1. The third-order valence-corrected chi connectivity index (χ3v) is 6.91. The topological polar surface area (TPSA) is 26.3 Å². The highest BCUT2D eigenvalue weighted by Crippen LogP contribution is 2.62. The first-order valence-electron chi connectivity index (χ1n) is 8.83. The lowest BCUT2D eigenvalue weighted by atomic mass is 9.52. The number of hydrogen-bond donors (Lipinski definition) is 0. The molecule has 122 valence electrons. The Morgan fingerprint density at radius 2 is 2.13 bits per heavy atom. The van der Waals surface area contributed by atoms with Crippen LogP contribution in [0.4, 0.5) is 0 Å². The molecule has 2 saturated carbocycles. The number of ketones is 1. The number of carbonyl (C=O) groups excluding carboxylic acids is 1. The zero-order valence-electron chi connectivity index (χ0n) is 14.4. The second-order valence-electron chi connectivity index (χ2n) is 8.12. The molecule has 0 spiro atoms. The first-order valence-corrected chi connectivity index (χ1v) is 8.83. The fourth-order valence-electron chi connectivity index (χ4n) is 5.86. The van der Waals surface area contributed by atoms with Crippen molar-refractivity contribution >= 4 is 5.78 Å². The molecule has 4 rings (SSSR count). The van der Waals surface area contributed by atoms with Crippen LogP contribution < -0.4 is 4.74 Å². The number of fused-ring (bicyclic) bond motifs is 5. The van der Waals surface area contributed by atoms with Crippen LogP contribution in [-0.4, -0.2) is 12.9 Å². The molecular weight excluding hydrogens is 284 g/mol. The maximum absolute atomic E-state index is 12.5. The zero-order chi connectivity index (χ0) is 16.4. The lowest BCUT2D eigenvalue weighted by Crippen LogP contribution is -2.46. The van der Waals surface area contributed by atoms with E-state index in [9.17, 15) is 4.79 Å². The summed E-state index contributed by atoms with van der Waals surface area (Å²) in [6.07, 6.45) is 3.79. The molecule has 3 aliphatic carbocycles. The number of hydrogen-bond acceptors (Lipinski definition) is 2. The van der Waals surface area contributed by atoms with Crippen LogP contribution in [0, 0.1) is 23.2 Å². The number of rotatable bonds is 1. The molecule has 2 heteroatoms. The van der Waals surface area contributed by atoms with Crippen LogP contribution in [0.25, 0.3) is 0 Å². The first kappa shape index (κ1) is 15.0. The molecule has 0 N–H and O–H groups in total. The van der Waals surface area contributed by atoms with E-state index in [2.05, 4.69) is 38.6 Å². The lowest BCUT2D eigenvalue weighted by molar-refractivity contribution is -0.128. The van der Waals surface area contributed by atoms with E-state index < -0.39 is 0 Å². The highest BCUT2D eigenvalue weighted by Gasteiger charge is 2.57. The monoisotopic (exact) mass is 310 g/mol. The van der Waals surface area contributed by atoms with Gasteiger partial charge in [0.15, 0.2) is 0 Å². The van der Waals surface area contributed by atoms with Crippen LogP contribution >= 0.6 is 0 Å². The van der Waals surface area contributed by atoms with Gasteiger partial charge in [0.1, 0.15) is 11.5 Å². The van der Waals surface area contributed by atoms with Crippen LogP contribution in [0.3, 0.4) is 0 Å². The van der Waals surface area contributed by atoms with E-state index in [1.165, 1.54) is 16.7 Å². The molecule has 0 amide bonds. The van der Waals surface area contributed by atoms with E-state index in [0.29, 0.717) is 29.5 Å². The molecule has 23 heavy (non-hydrogen) atoms. The van der Waals surface area contributed by atoms with E-state index in [1.807, 2.05) is 0 Å². The number of Topliss-reactive ketones (excluding diaryl/α,β-unsaturated/α-hetero) is 1. The highest BCUT2D eigenvalue weighted by atomic mass is 16.5. The van der Waals surface area contributed by atoms with E-state index in [4.69, 9.17) is 4.74 Å². The third kappa shape index (κ3) is 1.96. The zero-order valence-corrected chi connectivity index (χ0v) is 14.4. The van der Waals surface area contributed by atoms with Gasteiger partial charge in [-0.05, 0) is 60.3 Å². The number of benzene rings is 1. The summed E-state index contributed by atoms with van der Waals surface area (Å²) in [5.41, 5.74) is 3.95. The van der Waals surface area contributed by atoms with Crippen molar-refractivity contribution < 1.29 is 9.53 Å². The normalized spacial score (nSPS) is 38.7. The Morgan fingerprint density at radius 1 is 1.35 bits per heavy atom. The summed E-state index contributed by atoms with van der Waals surface area (Å²) in [5.74, 6) is 3.51. The number of ether oxygens (including phenoxy) is 1. The van der Waals surface area contributed by atoms with Gasteiger partial charge < -0.3 is 4.74 Å². The SMILES string of the molecule is C=C1CC2(C)C(=O)CCC2C2C1c1ccc(OC)cc1C[C@H]2C. The average molecular weight is 310 g/mol. The Balaban J connectivity index is 1.81. The van der Waals surface area contributed by atoms with E-state index in [-0.39, 0.29) is 5.41 Å². The molecule has 0 radical (unpaired) electrons. The molecule has 0 bridgehead atoms. The van der Waals surface area contributed by atoms with Crippen molar-refractivity contribution in [3.63, 3.8) is 0 Å². The molecule has 3 aliphatic rings. The number of allylic oxidation sites excluding steroid dienone is 1. The van der Waals surface area contributed by atoms with Gasteiger partial charge in [0, 0.05) is 17.8 Å². The standard InChI is InChI=1S/C21H26O2/c1-12-9-14-10-15(23-4)5-6-16(14)19-13(2)11-21(3)17(20(12)19)7-8-18(21)22/h5-6,10,12,17,19-20H,2,7-9,11H2,1,3-4H3/t12-,17?,19?,20?,21?/m1/s1. The van der Waals surface area contributed by atoms with Gasteiger partial charge in [-0.15, -0.1) is 0 Å². The van der Waals surface area contributed by atoms with Gasteiger partial charge in [0.2, 0.25) is 0 Å². The highest BCUT2D eigenvalue weighted by molar-refractivity contribution is 5.87. The second kappa shape index (κ2) is 4.96. The first-order chi connectivity index (χ1) is 11.0. The van der Waals surface area contributed by atoms with Crippen molar-refractivity contribution in [3.05, 3.63) is 41.5 Å². The number of methoxy groups -OCH3 is 1. The molecule has 1 aromatic rings. The Kier molecular flexibility index (Phi) is 3.23. The molecule has 5 atom stereocenters. The van der Waals surface area contributed by atoms with Crippen LogP contribution in [0.15, 0.2) is 30.4 Å². The van der Waals surface area contributed by atoms with Crippen molar-refractivity contribution in [1.82, 2.24) is 0 Å². The van der Waals surface area contributed by atoms with Gasteiger partial charge in [-0.1, -0.05) is 32.1 Å². The minimum Gasteiger partial charge on any atom is -0.497 e. The van der Waals surface area contributed by atoms with Crippen molar-refractivity contribution in [3.8, 4) is 5.75 Å². The summed E-state index contributed by atoms with van der Waals surface area (Å²) < 4.78 is 5.41. The van der Waals surface area contributed by atoms with Crippen LogP contribution in [0.1, 0.15) is 50.2 Å². The second-order valence-corrected chi connectivity index (χ2v) is 8.12. The van der Waals surface area contributed by atoms with Gasteiger partial charge in [0.25, 0.3) is 0 Å². The Hall–Kier alpha value is -1.57. The van der Waals surface area contributed by atoms with Crippen LogP contribution in [0.5, 0.6) is 5.75 Å². The molecule has 0 aromatic heterocycles. The minimum absolute atomic E-state index is 0.156. The van der Waals surface area contributed by atoms with Crippen molar-refractivity contribution in [2.24, 2.45) is 23.2 Å². The fourth-order valence-corrected chi connectivity index (χ4v) is 5.86. The molecular formula is C21H26O2. The summed E-state index contributed by atoms with van der Waals surface area (Å²) in [7, 11) is 1.73. The van der Waals surface area contributed by atoms with Crippen molar-refractivity contribution in [2.45, 2.75) is 45.4 Å². The largest absolute Gasteiger partial charge is 0.497 e. The van der Waals surface area contributed by atoms with E-state index in [1.54, 1.807) is 7.11 Å². The molecule has 0 heterocycles. The Labute approximate surface area is 138 Å². The van der Waals surface area contributed by atoms with E-state index >= 15 is 0 Å². The maximum atomic E-state index is 12.5. The van der Waals surface area contributed by atoms with Gasteiger partial charge >= 0.3 is 0 Å². The molecule has 4 unspecified atom stereocenters. The molecule has 1 aromatic carbocycles. The van der Waals surface area contributed by atoms with E-state index in [0.717, 1.165) is 31.4 Å². The quantitative estimate of drug-likeness (QED) is 0.712. The fraction of sp³-hybridized carbons (Fsp3) is 0.571. The summed E-state index contributed by atoms with van der Waals surface area (Å²) in [4.78, 5) is 12.5. The Morgan fingerprint density at radius 3 is 2.87 bits per heavy atom. The van der Waals surface area contributed by atoms with Gasteiger partial charge in [-0.2, -0.15) is 0 Å². The van der Waals surface area contributed by atoms with Gasteiger partial charge in [0.05, 0.1) is 7.11 Å². The summed E-state index contributed by atoms with van der Waals surface area (Å²) >= 11 is 0. The Bertz CT molecular complexity index is 689. The molecule has 2 nitrogen and oxygen atoms in total. The smallest absolute Gasteiger partial charge is 0.139 e. The van der Waals surface area contributed by atoms with Gasteiger partial charge in [-0.25, -0.2) is 0 Å². The van der Waals surface area contributed by atoms with Crippen molar-refractivity contribution in [2.75, 3.05) is 7.11 Å². The predicted molar refractivity (Wildman–Crippen MR) is 91.7 cm³/mol. The summed E-state index contributed by atoms with van der Waals surface area (Å²) in [6.45, 7) is 8.99. The van der Waals surface area contributed by atoms with Gasteiger partial charge in [-0.3, -0.25) is 4.79 Å². The third-order valence-electron chi connectivity index (χ3n) is 6.91. The minimum atomic E-state index is -0.156. The van der Waals surface area contributed by atoms with Crippen LogP contribution in [-0.2, 0) is 11.2 Å². The predicted octanol–water partition coefficient (Wildman–Crippen LogP) is 4.53. The summed E-state index contributed by atoms with van der Waals surface area (Å²) in [6, 6.07) is 6.51. The van der Waals surface area contributed by atoms with Crippen LogP contribution in [0.2, 0.25) is 0 Å². The average Bonchev–Trinajstić information content (AvgIpc) is 2.81. The lowest BCUT2D eigenvalue weighted by Gasteiger charge is -2.52. The maximum Gasteiger partial charge on any atom is 0.139 e. The molecule has 2 fully saturated rings.